The smallest absolute Gasteiger partial charge is 0.191 e. The molecule has 1 saturated carbocycles. The molecule has 28 heavy (non-hydrogen) atoms. The van der Waals surface area contributed by atoms with E-state index in [9.17, 15) is 0 Å². The Bertz CT molecular complexity index is 598. The van der Waals surface area contributed by atoms with Crippen LogP contribution in [-0.2, 0) is 13.1 Å². The van der Waals surface area contributed by atoms with E-state index in [1.807, 2.05) is 0 Å². The topological polar surface area (TPSA) is 42.9 Å². The second kappa shape index (κ2) is 10.8. The molecule has 2 N–H and O–H groups in total. The molecule has 1 aliphatic heterocycles. The third-order valence-corrected chi connectivity index (χ3v) is 5.95. The van der Waals surface area contributed by atoms with Crippen LogP contribution < -0.4 is 10.6 Å². The third kappa shape index (κ3) is 6.78. The number of benzene rings is 1. The van der Waals surface area contributed by atoms with Crippen LogP contribution in [0, 0.1) is 5.92 Å². The summed E-state index contributed by atoms with van der Waals surface area (Å²) in [7, 11) is 4.36. The maximum Gasteiger partial charge on any atom is 0.191 e. The van der Waals surface area contributed by atoms with E-state index >= 15 is 0 Å². The van der Waals surface area contributed by atoms with E-state index in [0.29, 0.717) is 6.04 Å². The van der Waals surface area contributed by atoms with Gasteiger partial charge in [-0.25, -0.2) is 4.99 Å². The average Bonchev–Trinajstić information content (AvgIpc) is 3.53. The molecular weight excluding hydrogens is 346 g/mol. The van der Waals surface area contributed by atoms with Crippen LogP contribution in [0.15, 0.2) is 29.3 Å². The van der Waals surface area contributed by atoms with Gasteiger partial charge in [-0.1, -0.05) is 30.7 Å². The van der Waals surface area contributed by atoms with E-state index in [2.05, 4.69) is 65.7 Å². The minimum Gasteiger partial charge on any atom is -0.357 e. The number of nitrogens with one attached hydrogen (secondary N) is 2. The molecule has 2 aliphatic rings. The third-order valence-electron chi connectivity index (χ3n) is 5.95. The molecular formula is C23H39N5. The predicted molar refractivity (Wildman–Crippen MR) is 119 cm³/mol. The molecule has 3 rings (SSSR count). The lowest BCUT2D eigenvalue weighted by Crippen LogP contribution is -2.46. The number of hydrogen-bond acceptors (Lipinski definition) is 3. The Kier molecular flexibility index (Phi) is 8.16. The summed E-state index contributed by atoms with van der Waals surface area (Å²) in [5, 5.41) is 6.94. The van der Waals surface area contributed by atoms with Gasteiger partial charge >= 0.3 is 0 Å². The highest BCUT2D eigenvalue weighted by atomic mass is 15.2. The van der Waals surface area contributed by atoms with E-state index in [1.165, 1.54) is 56.3 Å². The second-order valence-corrected chi connectivity index (χ2v) is 8.60. The molecule has 1 unspecified atom stereocenters. The molecule has 0 spiro atoms. The molecule has 156 valence electrons. The molecule has 5 heteroatoms. The molecule has 1 aliphatic carbocycles. The first-order chi connectivity index (χ1) is 13.7. The van der Waals surface area contributed by atoms with Gasteiger partial charge in [0, 0.05) is 25.7 Å². The Balaban J connectivity index is 1.50. The van der Waals surface area contributed by atoms with Gasteiger partial charge < -0.3 is 15.5 Å². The van der Waals surface area contributed by atoms with Crippen molar-refractivity contribution in [2.45, 2.75) is 58.2 Å². The zero-order chi connectivity index (χ0) is 19.8. The summed E-state index contributed by atoms with van der Waals surface area (Å²) in [6.45, 7) is 8.26. The first-order valence-electron chi connectivity index (χ1n) is 11.1. The van der Waals surface area contributed by atoms with Crippen molar-refractivity contribution < 1.29 is 0 Å². The molecule has 1 heterocycles. The van der Waals surface area contributed by atoms with Gasteiger partial charge in [0.15, 0.2) is 5.96 Å². The van der Waals surface area contributed by atoms with E-state index in [0.717, 1.165) is 38.1 Å². The number of hydrogen-bond donors (Lipinski definition) is 2. The standard InChI is InChI=1S/C23H39N5/c1-4-24-23(26-17-22(27(2)3)21-12-13-21)25-16-19-8-10-20(11-9-19)18-28-14-6-5-7-15-28/h8-11,21-22H,4-7,12-18H2,1-3H3,(H2,24,25,26). The van der Waals surface area contributed by atoms with Gasteiger partial charge in [0.2, 0.25) is 0 Å². The van der Waals surface area contributed by atoms with Crippen LogP contribution in [0.4, 0.5) is 0 Å². The Labute approximate surface area is 171 Å². The normalized spacial score (nSPS) is 19.6. The Hall–Kier alpha value is -1.59. The largest absolute Gasteiger partial charge is 0.357 e. The molecule has 1 aromatic rings. The predicted octanol–water partition coefficient (Wildman–Crippen LogP) is 3.07. The van der Waals surface area contributed by atoms with Crippen molar-refractivity contribution in [2.24, 2.45) is 10.9 Å². The van der Waals surface area contributed by atoms with Crippen LogP contribution in [0.3, 0.4) is 0 Å². The zero-order valence-corrected chi connectivity index (χ0v) is 18.1. The maximum atomic E-state index is 4.81. The van der Waals surface area contributed by atoms with Gasteiger partial charge in [-0.05, 0) is 76.8 Å². The molecule has 0 radical (unpaired) electrons. The molecule has 0 bridgehead atoms. The van der Waals surface area contributed by atoms with E-state index in [4.69, 9.17) is 4.99 Å². The Morgan fingerprint density at radius 1 is 1.07 bits per heavy atom. The molecule has 1 saturated heterocycles. The van der Waals surface area contributed by atoms with Crippen LogP contribution in [0.2, 0.25) is 0 Å². The van der Waals surface area contributed by atoms with Gasteiger partial charge in [0.25, 0.3) is 0 Å². The molecule has 0 aromatic heterocycles. The number of aliphatic imine (C=N–C) groups is 1. The second-order valence-electron chi connectivity index (χ2n) is 8.60. The van der Waals surface area contributed by atoms with Crippen molar-refractivity contribution in [3.8, 4) is 0 Å². The molecule has 1 atom stereocenters. The molecule has 1 aromatic carbocycles. The summed E-state index contributed by atoms with van der Waals surface area (Å²) in [5.74, 6) is 1.77. The lowest BCUT2D eigenvalue weighted by Gasteiger charge is -2.26. The summed E-state index contributed by atoms with van der Waals surface area (Å²) in [6.07, 6.45) is 6.82. The summed E-state index contributed by atoms with van der Waals surface area (Å²) in [6, 6.07) is 9.61. The van der Waals surface area contributed by atoms with E-state index in [1.54, 1.807) is 0 Å². The fraction of sp³-hybridized carbons (Fsp3) is 0.696. The van der Waals surface area contributed by atoms with Crippen LogP contribution in [0.1, 0.15) is 50.2 Å². The number of piperidine rings is 1. The fourth-order valence-corrected chi connectivity index (χ4v) is 4.09. The molecule has 0 amide bonds. The van der Waals surface area contributed by atoms with Crippen molar-refractivity contribution >= 4 is 5.96 Å². The van der Waals surface area contributed by atoms with Crippen LogP contribution in [0.25, 0.3) is 0 Å². The van der Waals surface area contributed by atoms with Crippen molar-refractivity contribution in [3.63, 3.8) is 0 Å². The summed E-state index contributed by atoms with van der Waals surface area (Å²) >= 11 is 0. The summed E-state index contributed by atoms with van der Waals surface area (Å²) in [4.78, 5) is 9.72. The first-order valence-corrected chi connectivity index (χ1v) is 11.1. The van der Waals surface area contributed by atoms with Crippen LogP contribution in [-0.4, -0.2) is 62.1 Å². The van der Waals surface area contributed by atoms with Crippen molar-refractivity contribution in [1.29, 1.82) is 0 Å². The minimum atomic E-state index is 0.595. The Morgan fingerprint density at radius 3 is 2.36 bits per heavy atom. The van der Waals surface area contributed by atoms with Gasteiger partial charge in [-0.2, -0.15) is 0 Å². The SMILES string of the molecule is CCNC(=NCc1ccc(CN2CCCCC2)cc1)NCC(C1CC1)N(C)C. The monoisotopic (exact) mass is 385 g/mol. The molecule has 5 nitrogen and oxygen atoms in total. The highest BCUT2D eigenvalue weighted by Gasteiger charge is 2.32. The fourth-order valence-electron chi connectivity index (χ4n) is 4.09. The maximum absolute atomic E-state index is 4.81. The zero-order valence-electron chi connectivity index (χ0n) is 18.1. The number of likely N-dealkylation sites (tertiary alicyclic amines) is 1. The lowest BCUT2D eigenvalue weighted by atomic mass is 10.1. The van der Waals surface area contributed by atoms with Gasteiger partial charge in [0.05, 0.1) is 6.54 Å². The van der Waals surface area contributed by atoms with Gasteiger partial charge in [-0.3, -0.25) is 4.90 Å². The lowest BCUT2D eigenvalue weighted by molar-refractivity contribution is 0.221. The van der Waals surface area contributed by atoms with Gasteiger partial charge in [0.1, 0.15) is 0 Å². The minimum absolute atomic E-state index is 0.595. The number of rotatable bonds is 9. The van der Waals surface area contributed by atoms with Crippen molar-refractivity contribution in [2.75, 3.05) is 40.3 Å². The van der Waals surface area contributed by atoms with Crippen molar-refractivity contribution in [3.05, 3.63) is 35.4 Å². The average molecular weight is 386 g/mol. The number of guanidine groups is 1. The number of nitrogens with zero attached hydrogens (tertiary/aromatic N) is 3. The summed E-state index contributed by atoms with van der Waals surface area (Å²) in [5.41, 5.74) is 2.68. The van der Waals surface area contributed by atoms with Crippen LogP contribution in [0.5, 0.6) is 0 Å². The highest BCUT2D eigenvalue weighted by Crippen LogP contribution is 2.34. The first kappa shape index (κ1) is 21.1. The summed E-state index contributed by atoms with van der Waals surface area (Å²) < 4.78 is 0. The number of likely N-dealkylation sites (N-methyl/N-ethyl adjacent to an activating group) is 1. The highest BCUT2D eigenvalue weighted by molar-refractivity contribution is 5.79. The van der Waals surface area contributed by atoms with E-state index < -0.39 is 0 Å². The van der Waals surface area contributed by atoms with E-state index in [-0.39, 0.29) is 0 Å². The Morgan fingerprint density at radius 2 is 1.75 bits per heavy atom. The van der Waals surface area contributed by atoms with Gasteiger partial charge in [-0.15, -0.1) is 0 Å². The van der Waals surface area contributed by atoms with Crippen molar-refractivity contribution in [1.82, 2.24) is 20.4 Å². The molecule has 2 fully saturated rings. The quantitative estimate of drug-likeness (QED) is 0.506. The van der Waals surface area contributed by atoms with Crippen LogP contribution >= 0.6 is 0 Å².